The molecule has 0 saturated heterocycles. The Bertz CT molecular complexity index is 3820. The zero-order valence-corrected chi connectivity index (χ0v) is 27.7. The minimum absolute atomic E-state index is 0.0321. The number of hydrogen-bond donors (Lipinski definition) is 0. The van der Waals surface area contributed by atoms with E-state index in [4.69, 9.17) is 0 Å². The normalized spacial score (nSPS) is 13.7. The second kappa shape index (κ2) is 8.01. The van der Waals surface area contributed by atoms with E-state index >= 15 is 0 Å². The molecule has 0 atom stereocenters. The summed E-state index contributed by atoms with van der Waals surface area (Å²) in [5.74, 6) is 0. The van der Waals surface area contributed by atoms with Crippen molar-refractivity contribution in [3.05, 3.63) is 146 Å². The molecule has 6 aromatic heterocycles. The van der Waals surface area contributed by atoms with E-state index in [-0.39, 0.29) is 6.71 Å². The van der Waals surface area contributed by atoms with Gasteiger partial charge in [0.15, 0.2) is 0 Å². The summed E-state index contributed by atoms with van der Waals surface area (Å²) in [6, 6.07) is 54.6. The van der Waals surface area contributed by atoms with Crippen LogP contribution in [0.3, 0.4) is 0 Å². The highest BCUT2D eigenvalue weighted by atomic mass is 15.2. The highest BCUT2D eigenvalue weighted by molar-refractivity contribution is 7.02. The van der Waals surface area contributed by atoms with Crippen LogP contribution in [-0.4, -0.2) is 29.0 Å². The Kier molecular flexibility index (Phi) is 3.87. The quantitative estimate of drug-likeness (QED) is 0.146. The monoisotopic (exact) mass is 657 g/mol. The number of para-hydroxylation sites is 8. The van der Waals surface area contributed by atoms with Crippen LogP contribution < -0.4 is 16.4 Å². The summed E-state index contributed by atoms with van der Waals surface area (Å²) in [5.41, 5.74) is 20.6. The van der Waals surface area contributed by atoms with Crippen molar-refractivity contribution in [3.63, 3.8) is 0 Å². The molecule has 236 valence electrons. The molecule has 8 heterocycles. The summed E-state index contributed by atoms with van der Waals surface area (Å²) in [5, 5.41) is 7.90. The van der Waals surface area contributed by atoms with Crippen molar-refractivity contribution in [1.82, 2.24) is 22.3 Å². The largest absolute Gasteiger partial charge is 0.308 e. The fourth-order valence-corrected chi connectivity index (χ4v) is 11.1. The lowest BCUT2D eigenvalue weighted by Crippen LogP contribution is -2.59. The average molecular weight is 658 g/mol. The number of nitrogens with zero attached hydrogens (tertiary/aromatic N) is 5. The van der Waals surface area contributed by atoms with Crippen LogP contribution in [0.2, 0.25) is 0 Å². The molecule has 2 aliphatic rings. The molecule has 7 aromatic carbocycles. The molecule has 0 aliphatic carbocycles. The number of aromatic nitrogens is 5. The van der Waals surface area contributed by atoms with Gasteiger partial charge >= 0.3 is 0 Å². The number of hydrogen-bond acceptors (Lipinski definition) is 0. The number of benzene rings is 7. The lowest BCUT2D eigenvalue weighted by Gasteiger charge is -2.32. The molecule has 52 heavy (non-hydrogen) atoms. The molecule has 15 rings (SSSR count). The van der Waals surface area contributed by atoms with Gasteiger partial charge in [0, 0.05) is 27.2 Å². The molecule has 0 amide bonds. The molecule has 6 heteroatoms. The first kappa shape index (κ1) is 25.1. The molecule has 0 saturated carbocycles. The summed E-state index contributed by atoms with van der Waals surface area (Å²) in [6.07, 6.45) is 0. The van der Waals surface area contributed by atoms with Gasteiger partial charge in [-0.1, -0.05) is 97.1 Å². The van der Waals surface area contributed by atoms with Gasteiger partial charge in [-0.25, -0.2) is 0 Å². The maximum absolute atomic E-state index is 2.64. The van der Waals surface area contributed by atoms with Crippen molar-refractivity contribution >= 4 is 116 Å². The van der Waals surface area contributed by atoms with Crippen LogP contribution >= 0.6 is 0 Å². The van der Waals surface area contributed by atoms with Gasteiger partial charge in [-0.2, -0.15) is 0 Å². The summed E-state index contributed by atoms with van der Waals surface area (Å²) in [7, 11) is 0. The van der Waals surface area contributed by atoms with Gasteiger partial charge in [0.1, 0.15) is 11.3 Å². The number of fused-ring (bicyclic) bond motifs is 23. The van der Waals surface area contributed by atoms with Gasteiger partial charge in [-0.15, -0.1) is 0 Å². The molecule has 0 fully saturated rings. The molecule has 13 aromatic rings. The van der Waals surface area contributed by atoms with Crippen molar-refractivity contribution in [2.75, 3.05) is 0 Å². The van der Waals surface area contributed by atoms with Crippen LogP contribution in [0.1, 0.15) is 0 Å². The summed E-state index contributed by atoms with van der Waals surface area (Å²) in [6.45, 7) is 0.0321. The fraction of sp³-hybridized carbons (Fsp3) is 0. The number of imidazole rings is 2. The van der Waals surface area contributed by atoms with Crippen molar-refractivity contribution in [1.29, 1.82) is 0 Å². The van der Waals surface area contributed by atoms with Crippen LogP contribution in [0.4, 0.5) is 0 Å². The Morgan fingerprint density at radius 1 is 0.346 bits per heavy atom. The number of rotatable bonds is 0. The Morgan fingerprint density at radius 3 is 1.48 bits per heavy atom. The summed E-state index contributed by atoms with van der Waals surface area (Å²) >= 11 is 0. The van der Waals surface area contributed by atoms with Gasteiger partial charge in [0.05, 0.1) is 55.3 Å². The van der Waals surface area contributed by atoms with E-state index in [1.165, 1.54) is 121 Å². The highest BCUT2D eigenvalue weighted by Gasteiger charge is 2.46. The van der Waals surface area contributed by atoms with Crippen molar-refractivity contribution in [3.8, 4) is 11.4 Å². The van der Waals surface area contributed by atoms with Crippen LogP contribution in [0, 0.1) is 0 Å². The van der Waals surface area contributed by atoms with Crippen LogP contribution in [0.15, 0.2) is 146 Å². The minimum atomic E-state index is 0.0321. The van der Waals surface area contributed by atoms with Gasteiger partial charge in [0.25, 0.3) is 6.71 Å². The van der Waals surface area contributed by atoms with Crippen molar-refractivity contribution in [2.24, 2.45) is 0 Å². The molecule has 0 N–H and O–H groups in total. The van der Waals surface area contributed by atoms with E-state index in [1.807, 2.05) is 0 Å². The summed E-state index contributed by atoms with van der Waals surface area (Å²) < 4.78 is 12.9. The SMILES string of the molecule is c1ccc2c(c1)c1c3n(c4ccccc4n23)-c2cc3c(c4c2B1c1c2ccccc2n2c5ccccc5n-4c12)c1cccc2c4ccccc4n3c21. The van der Waals surface area contributed by atoms with Crippen LogP contribution in [0.5, 0.6) is 0 Å². The summed E-state index contributed by atoms with van der Waals surface area (Å²) in [4.78, 5) is 0. The molecule has 0 radical (unpaired) electrons. The van der Waals surface area contributed by atoms with Crippen LogP contribution in [0.25, 0.3) is 105 Å². The standard InChI is InChI=1S/C46H24BN5/c1-4-17-30-25(12-1)26-15-11-16-29-39-37(48(30)43(26)29)24-38-42-44(39)52-36-23-10-9-22-35(36)50-32-19-6-3-14-28(32)41(46(50)52)47(42)40-27-13-2-5-18-31(27)49-33-20-7-8-21-34(33)51(38)45(40)49/h1-24H. The maximum Gasteiger partial charge on any atom is 0.258 e. The average Bonchev–Trinajstić information content (AvgIpc) is 4.02. The lowest BCUT2D eigenvalue weighted by molar-refractivity contribution is 1.13. The Labute approximate surface area is 294 Å². The van der Waals surface area contributed by atoms with E-state index in [1.54, 1.807) is 0 Å². The topological polar surface area (TPSA) is 23.1 Å². The van der Waals surface area contributed by atoms with Gasteiger partial charge in [-0.3, -0.25) is 17.9 Å². The van der Waals surface area contributed by atoms with E-state index in [2.05, 4.69) is 168 Å². The third-order valence-corrected chi connectivity index (χ3v) is 12.8. The Balaban J connectivity index is 1.32. The first-order chi connectivity index (χ1) is 25.9. The van der Waals surface area contributed by atoms with Gasteiger partial charge < -0.3 is 4.40 Å². The molecule has 2 aliphatic heterocycles. The highest BCUT2D eigenvalue weighted by Crippen LogP contribution is 2.46. The zero-order chi connectivity index (χ0) is 33.1. The van der Waals surface area contributed by atoms with Crippen molar-refractivity contribution < 1.29 is 0 Å². The van der Waals surface area contributed by atoms with Gasteiger partial charge in [0.2, 0.25) is 0 Å². The maximum atomic E-state index is 2.64. The molecule has 5 nitrogen and oxygen atoms in total. The molecular formula is C46H24BN5. The second-order valence-electron chi connectivity index (χ2n) is 14.9. The lowest BCUT2D eigenvalue weighted by atomic mass is 9.34. The van der Waals surface area contributed by atoms with E-state index in [0.29, 0.717) is 0 Å². The Hall–Kier alpha value is -6.92. The Morgan fingerprint density at radius 2 is 0.827 bits per heavy atom. The first-order valence-electron chi connectivity index (χ1n) is 18.2. The van der Waals surface area contributed by atoms with E-state index < -0.39 is 0 Å². The second-order valence-corrected chi connectivity index (χ2v) is 14.9. The predicted octanol–water partition coefficient (Wildman–Crippen LogP) is 8.68. The minimum Gasteiger partial charge on any atom is -0.308 e. The zero-order valence-electron chi connectivity index (χ0n) is 27.7. The third-order valence-electron chi connectivity index (χ3n) is 12.8. The molecule has 0 unspecified atom stereocenters. The predicted molar refractivity (Wildman–Crippen MR) is 216 cm³/mol. The van der Waals surface area contributed by atoms with Crippen molar-refractivity contribution in [2.45, 2.75) is 0 Å². The van der Waals surface area contributed by atoms with Gasteiger partial charge in [-0.05, 0) is 75.7 Å². The van der Waals surface area contributed by atoms with E-state index in [0.717, 1.165) is 0 Å². The van der Waals surface area contributed by atoms with E-state index in [9.17, 15) is 0 Å². The fourth-order valence-electron chi connectivity index (χ4n) is 11.1. The molecule has 0 spiro atoms. The van der Waals surface area contributed by atoms with Crippen LogP contribution in [-0.2, 0) is 0 Å². The third kappa shape index (κ3) is 2.41. The molecule has 0 bridgehead atoms. The smallest absolute Gasteiger partial charge is 0.258 e. The first-order valence-corrected chi connectivity index (χ1v) is 18.2. The molecular weight excluding hydrogens is 633 g/mol.